The smallest absolute Gasteiger partial charge is 0.345 e. The fourth-order valence-electron chi connectivity index (χ4n) is 7.83. The summed E-state index contributed by atoms with van der Waals surface area (Å²) in [5.74, 6) is 1.06. The van der Waals surface area contributed by atoms with Crippen LogP contribution in [0, 0.1) is 6.92 Å². The summed E-state index contributed by atoms with van der Waals surface area (Å²) in [6, 6.07) is 17.4. The molecular formula is C46H53ClN8O6S. The molecule has 0 spiro atoms. The minimum absolute atomic E-state index is 0.0242. The lowest BCUT2D eigenvalue weighted by Gasteiger charge is -2.32. The largest absolute Gasteiger partial charge is 0.491 e. The van der Waals surface area contributed by atoms with E-state index in [2.05, 4.69) is 44.8 Å². The second-order valence-electron chi connectivity index (χ2n) is 15.7. The number of rotatable bonds is 18. The molecule has 2 saturated heterocycles. The number of hydrogen-bond donors (Lipinski definition) is 1. The van der Waals surface area contributed by atoms with Gasteiger partial charge in [0, 0.05) is 87.2 Å². The number of hydrogen-bond acceptors (Lipinski definition) is 13. The third-order valence-corrected chi connectivity index (χ3v) is 13.1. The highest BCUT2D eigenvalue weighted by Gasteiger charge is 2.29. The van der Waals surface area contributed by atoms with Crippen LogP contribution in [0.5, 0.6) is 17.4 Å². The molecule has 326 valence electrons. The van der Waals surface area contributed by atoms with Crippen molar-refractivity contribution in [3.8, 4) is 38.9 Å². The molecule has 2 aromatic carbocycles. The summed E-state index contributed by atoms with van der Waals surface area (Å²) in [6.45, 7) is 13.4. The van der Waals surface area contributed by atoms with Crippen LogP contribution in [-0.2, 0) is 29.1 Å². The zero-order chi connectivity index (χ0) is 43.0. The van der Waals surface area contributed by atoms with E-state index in [0.29, 0.717) is 52.1 Å². The summed E-state index contributed by atoms with van der Waals surface area (Å²) in [6.07, 6.45) is 5.83. The van der Waals surface area contributed by atoms with E-state index in [1.54, 1.807) is 6.20 Å². The number of piperazine rings is 1. The lowest BCUT2D eigenvalue weighted by Crippen LogP contribution is -2.45. The Morgan fingerprint density at radius 1 is 0.952 bits per heavy atom. The first-order valence-corrected chi connectivity index (χ1v) is 22.5. The number of thiophene rings is 1. The summed E-state index contributed by atoms with van der Waals surface area (Å²) in [5.41, 5.74) is 4.89. The lowest BCUT2D eigenvalue weighted by atomic mass is 9.96. The minimum Gasteiger partial charge on any atom is -0.491 e. The van der Waals surface area contributed by atoms with Crippen molar-refractivity contribution in [3.05, 3.63) is 95.2 Å². The maximum atomic E-state index is 13.1. The van der Waals surface area contributed by atoms with Gasteiger partial charge in [-0.3, -0.25) is 9.58 Å². The maximum Gasteiger partial charge on any atom is 0.345 e. The molecule has 16 heteroatoms. The highest BCUT2D eigenvalue weighted by atomic mass is 35.5. The van der Waals surface area contributed by atoms with E-state index in [0.717, 1.165) is 104 Å². The van der Waals surface area contributed by atoms with Gasteiger partial charge in [-0.15, -0.1) is 11.3 Å². The van der Waals surface area contributed by atoms with Crippen LogP contribution in [0.3, 0.4) is 0 Å². The summed E-state index contributed by atoms with van der Waals surface area (Å²) >= 11 is 8.61. The summed E-state index contributed by atoms with van der Waals surface area (Å²) in [4.78, 5) is 35.7. The van der Waals surface area contributed by atoms with E-state index >= 15 is 0 Å². The molecule has 0 radical (unpaired) electrons. The molecule has 2 aliphatic heterocycles. The summed E-state index contributed by atoms with van der Waals surface area (Å²) in [7, 11) is 2.15. The van der Waals surface area contributed by atoms with Gasteiger partial charge in [-0.1, -0.05) is 49.2 Å². The number of unbranched alkanes of at least 4 members (excludes halogenated alkanes) is 1. The Morgan fingerprint density at radius 3 is 2.55 bits per heavy atom. The third-order valence-electron chi connectivity index (χ3n) is 11.5. The van der Waals surface area contributed by atoms with E-state index in [1.165, 1.54) is 17.7 Å². The van der Waals surface area contributed by atoms with Crippen LogP contribution in [0.25, 0.3) is 31.8 Å². The van der Waals surface area contributed by atoms with Crippen molar-refractivity contribution < 1.29 is 28.8 Å². The van der Waals surface area contributed by atoms with Crippen LogP contribution in [0.15, 0.2) is 73.3 Å². The number of aliphatic carboxylic acids is 1. The number of ether oxygens (including phenoxy) is 4. The second-order valence-corrected chi connectivity index (χ2v) is 17.0. The maximum absolute atomic E-state index is 13.1. The molecule has 1 atom stereocenters. The Balaban J connectivity index is 1.12. The van der Waals surface area contributed by atoms with Crippen LogP contribution in [-0.4, -0.2) is 124 Å². The number of carboxylic acid groups (broad SMARTS) is 1. The van der Waals surface area contributed by atoms with Crippen LogP contribution in [0.2, 0.25) is 5.02 Å². The number of benzene rings is 2. The fourth-order valence-corrected chi connectivity index (χ4v) is 9.18. The number of para-hydroxylation sites is 1. The van der Waals surface area contributed by atoms with Crippen LogP contribution in [0.4, 0.5) is 5.82 Å². The van der Waals surface area contributed by atoms with Gasteiger partial charge in [0.2, 0.25) is 12.0 Å². The molecule has 4 aromatic heterocycles. The molecule has 0 bridgehead atoms. The van der Waals surface area contributed by atoms with Gasteiger partial charge in [-0.2, -0.15) is 5.10 Å². The normalized spacial score (nSPS) is 15.5. The number of morpholine rings is 1. The Morgan fingerprint density at radius 2 is 1.77 bits per heavy atom. The number of aromatic nitrogens is 5. The number of nitrogens with zero attached hydrogens (tertiary/aromatic N) is 8. The van der Waals surface area contributed by atoms with Gasteiger partial charge in [-0.25, -0.2) is 19.7 Å². The van der Waals surface area contributed by atoms with Gasteiger partial charge in [0.25, 0.3) is 0 Å². The molecule has 2 aliphatic rings. The SMILES string of the molecule is CCCCn1nccc1COc1ccccc1CC(Oc1ncnc2sc(-c3ccc(N4CCOCC4)nc3)c(-c3ccc(OCCN4CCN(C)CC4)c(Cl)c3C)c12)C(=O)O. The number of halogens is 1. The van der Waals surface area contributed by atoms with Gasteiger partial charge in [0.05, 0.1) is 29.3 Å². The first-order chi connectivity index (χ1) is 30.3. The molecule has 2 fully saturated rings. The third kappa shape index (κ3) is 9.98. The Bertz CT molecular complexity index is 2450. The van der Waals surface area contributed by atoms with Crippen molar-refractivity contribution in [1.29, 1.82) is 0 Å². The van der Waals surface area contributed by atoms with Crippen LogP contribution >= 0.6 is 22.9 Å². The average molecular weight is 881 g/mol. The molecule has 1 unspecified atom stereocenters. The highest BCUT2D eigenvalue weighted by Crippen LogP contribution is 2.49. The van der Waals surface area contributed by atoms with E-state index < -0.39 is 12.1 Å². The molecule has 6 aromatic rings. The van der Waals surface area contributed by atoms with Crippen molar-refractivity contribution in [2.45, 2.75) is 52.4 Å². The number of likely N-dealkylation sites (N-methyl/N-ethyl adjacent to an activating group) is 1. The minimum atomic E-state index is -1.31. The lowest BCUT2D eigenvalue weighted by molar-refractivity contribution is -0.145. The van der Waals surface area contributed by atoms with Gasteiger partial charge < -0.3 is 33.9 Å². The number of pyridine rings is 1. The average Bonchev–Trinajstić information content (AvgIpc) is 3.92. The van der Waals surface area contributed by atoms with Gasteiger partial charge >= 0.3 is 5.97 Å². The molecule has 62 heavy (non-hydrogen) atoms. The van der Waals surface area contributed by atoms with Gasteiger partial charge in [0.15, 0.2) is 0 Å². The molecule has 6 heterocycles. The molecule has 0 amide bonds. The molecule has 0 saturated carbocycles. The predicted octanol–water partition coefficient (Wildman–Crippen LogP) is 7.50. The number of carboxylic acids is 1. The number of fused-ring (bicyclic) bond motifs is 1. The molecule has 8 rings (SSSR count). The number of carbonyl (C=O) groups is 1. The van der Waals surface area contributed by atoms with E-state index in [4.69, 9.17) is 40.5 Å². The van der Waals surface area contributed by atoms with E-state index in [-0.39, 0.29) is 18.9 Å². The monoisotopic (exact) mass is 880 g/mol. The zero-order valence-electron chi connectivity index (χ0n) is 35.5. The predicted molar refractivity (Wildman–Crippen MR) is 242 cm³/mol. The molecule has 1 N–H and O–H groups in total. The summed E-state index contributed by atoms with van der Waals surface area (Å²) < 4.78 is 26.6. The molecular weight excluding hydrogens is 828 g/mol. The topological polar surface area (TPSA) is 140 Å². The first kappa shape index (κ1) is 43.3. The zero-order valence-corrected chi connectivity index (χ0v) is 37.0. The molecule has 14 nitrogen and oxygen atoms in total. The first-order valence-electron chi connectivity index (χ1n) is 21.3. The van der Waals surface area contributed by atoms with Crippen molar-refractivity contribution in [2.24, 2.45) is 0 Å². The van der Waals surface area contributed by atoms with Crippen molar-refractivity contribution >= 4 is 44.9 Å². The van der Waals surface area contributed by atoms with Crippen LogP contribution < -0.4 is 19.1 Å². The van der Waals surface area contributed by atoms with Crippen molar-refractivity contribution in [2.75, 3.05) is 77.6 Å². The quantitative estimate of drug-likeness (QED) is 0.0913. The standard InChI is InChI=1S/C46H53ClN8O6S/c1-4-5-16-55-34(14-15-51-55)29-60-36-9-7-6-8-32(36)27-38(46(56)57)61-44-41-40(35-11-12-37(42(47)31(35)2)59-26-21-53-19-17-52(3)18-20-53)43(62-45(41)50-30-49-44)33-10-13-39(48-28-33)54-22-24-58-25-23-54/h6-15,28,30,38H,4-5,16-27,29H2,1-3H3,(H,56,57). The van der Waals surface area contributed by atoms with Crippen molar-refractivity contribution in [3.63, 3.8) is 0 Å². The number of anilines is 1. The number of aryl methyl sites for hydroxylation is 1. The fraction of sp³-hybridized carbons (Fsp3) is 0.413. The van der Waals surface area contributed by atoms with Crippen molar-refractivity contribution in [1.82, 2.24) is 34.5 Å². The van der Waals surface area contributed by atoms with E-state index in [9.17, 15) is 9.90 Å². The van der Waals surface area contributed by atoms with Gasteiger partial charge in [-0.05, 0) is 67.4 Å². The van der Waals surface area contributed by atoms with Crippen LogP contribution in [0.1, 0.15) is 36.6 Å². The highest BCUT2D eigenvalue weighted by molar-refractivity contribution is 7.22. The van der Waals surface area contributed by atoms with E-state index in [1.807, 2.05) is 66.3 Å². The Kier molecular flexibility index (Phi) is 14.2. The Hall–Kier alpha value is -5.32. The Labute approximate surface area is 371 Å². The second kappa shape index (κ2) is 20.2. The molecule has 0 aliphatic carbocycles. The summed E-state index contributed by atoms with van der Waals surface area (Å²) in [5, 5.41) is 16.2. The van der Waals surface area contributed by atoms with Gasteiger partial charge in [0.1, 0.15) is 41.7 Å².